The number of nitrogens with one attached hydrogen (secondary N) is 1. The van der Waals surface area contributed by atoms with Crippen molar-refractivity contribution in [2.24, 2.45) is 0 Å². The van der Waals surface area contributed by atoms with Crippen molar-refractivity contribution in [2.45, 2.75) is 6.54 Å². The van der Waals surface area contributed by atoms with Crippen LogP contribution in [0.4, 0.5) is 4.39 Å². The summed E-state index contributed by atoms with van der Waals surface area (Å²) >= 11 is 6.93. The molecule has 0 bridgehead atoms. The lowest BCUT2D eigenvalue weighted by molar-refractivity contribution is 0.628. The number of rotatable bonds is 2. The molecule has 86 valence electrons. The van der Waals surface area contributed by atoms with Gasteiger partial charge in [0.25, 0.3) is 0 Å². The summed E-state index contributed by atoms with van der Waals surface area (Å²) in [7, 11) is 0. The number of benzene rings is 1. The summed E-state index contributed by atoms with van der Waals surface area (Å²) in [6.45, 7) is 0.681. The summed E-state index contributed by atoms with van der Waals surface area (Å²) in [4.78, 5) is 4.28. The largest absolute Gasteiger partial charge is 0.331 e. The van der Waals surface area contributed by atoms with Gasteiger partial charge in [0.15, 0.2) is 4.77 Å². The molecule has 0 saturated carbocycles. The van der Waals surface area contributed by atoms with Crippen LogP contribution >= 0.6 is 23.6 Å². The van der Waals surface area contributed by atoms with E-state index in [2.05, 4.69) is 4.98 Å². The summed E-state index contributed by atoms with van der Waals surface area (Å²) in [5.41, 5.74) is 1.68. The highest BCUT2D eigenvalue weighted by Gasteiger charge is 2.06. The molecule has 1 aromatic carbocycles. The minimum atomic E-state index is -0.244. The molecule has 0 saturated heterocycles. The maximum Gasteiger partial charge on any atom is 0.178 e. The maximum atomic E-state index is 13.2. The molecule has 0 aliphatic heterocycles. The zero-order valence-corrected chi connectivity index (χ0v) is 10.4. The van der Waals surface area contributed by atoms with Gasteiger partial charge in [0, 0.05) is 4.88 Å². The number of hydrogen-bond acceptors (Lipinski definition) is 2. The first-order chi connectivity index (χ1) is 8.24. The number of hydrogen-bond donors (Lipinski definition) is 1. The summed E-state index contributed by atoms with van der Waals surface area (Å²) in [5, 5.41) is 2.02. The predicted molar refractivity (Wildman–Crippen MR) is 70.5 cm³/mol. The molecular formula is C12H9FN2S2. The van der Waals surface area contributed by atoms with Crippen molar-refractivity contribution in [1.29, 1.82) is 0 Å². The molecule has 0 fully saturated rings. The van der Waals surface area contributed by atoms with Crippen LogP contribution in [0, 0.1) is 10.6 Å². The van der Waals surface area contributed by atoms with Gasteiger partial charge < -0.3 is 9.55 Å². The van der Waals surface area contributed by atoms with Gasteiger partial charge in [0.2, 0.25) is 0 Å². The average molecular weight is 264 g/mol. The fourth-order valence-electron chi connectivity index (χ4n) is 1.84. The van der Waals surface area contributed by atoms with E-state index in [1.54, 1.807) is 17.4 Å². The van der Waals surface area contributed by atoms with Gasteiger partial charge in [-0.15, -0.1) is 11.3 Å². The van der Waals surface area contributed by atoms with Crippen molar-refractivity contribution in [3.8, 4) is 0 Å². The monoisotopic (exact) mass is 264 g/mol. The van der Waals surface area contributed by atoms with Crippen molar-refractivity contribution in [3.63, 3.8) is 0 Å². The van der Waals surface area contributed by atoms with Crippen LogP contribution in [0.1, 0.15) is 4.88 Å². The van der Waals surface area contributed by atoms with E-state index in [1.165, 1.54) is 17.0 Å². The normalized spacial score (nSPS) is 11.1. The van der Waals surface area contributed by atoms with Gasteiger partial charge in [-0.3, -0.25) is 0 Å². The first kappa shape index (κ1) is 10.7. The molecule has 3 aromatic rings. The average Bonchev–Trinajstić information content (AvgIpc) is 2.90. The molecule has 0 spiro atoms. The molecule has 5 heteroatoms. The van der Waals surface area contributed by atoms with Gasteiger partial charge in [0.05, 0.1) is 17.6 Å². The molecule has 0 radical (unpaired) electrons. The maximum absolute atomic E-state index is 13.2. The number of nitrogens with zero attached hydrogens (tertiary/aromatic N) is 1. The lowest BCUT2D eigenvalue weighted by Crippen LogP contribution is -1.97. The Bertz CT molecular complexity index is 710. The zero-order valence-electron chi connectivity index (χ0n) is 8.81. The van der Waals surface area contributed by atoms with E-state index in [0.29, 0.717) is 11.3 Å². The van der Waals surface area contributed by atoms with Gasteiger partial charge in [-0.1, -0.05) is 6.07 Å². The Morgan fingerprint density at radius 2 is 2.24 bits per heavy atom. The van der Waals surface area contributed by atoms with Gasteiger partial charge >= 0.3 is 0 Å². The van der Waals surface area contributed by atoms with Crippen molar-refractivity contribution < 1.29 is 4.39 Å². The molecule has 1 N–H and O–H groups in total. The van der Waals surface area contributed by atoms with E-state index in [0.717, 1.165) is 11.0 Å². The number of halogens is 1. The molecule has 2 nitrogen and oxygen atoms in total. The van der Waals surface area contributed by atoms with Crippen LogP contribution < -0.4 is 0 Å². The van der Waals surface area contributed by atoms with Crippen LogP contribution in [0.15, 0.2) is 35.7 Å². The smallest absolute Gasteiger partial charge is 0.178 e. The molecule has 2 aromatic heterocycles. The van der Waals surface area contributed by atoms with E-state index in [-0.39, 0.29) is 5.82 Å². The minimum absolute atomic E-state index is 0.244. The quantitative estimate of drug-likeness (QED) is 0.695. The molecule has 0 aliphatic rings. The van der Waals surface area contributed by atoms with Crippen LogP contribution in [0.3, 0.4) is 0 Å². The Kier molecular flexibility index (Phi) is 2.57. The van der Waals surface area contributed by atoms with Gasteiger partial charge in [-0.05, 0) is 41.9 Å². The summed E-state index contributed by atoms with van der Waals surface area (Å²) in [6.07, 6.45) is 0. The van der Waals surface area contributed by atoms with Gasteiger partial charge in [-0.2, -0.15) is 0 Å². The standard InChI is InChI=1S/C12H9FN2S2/c13-8-3-4-10-11(6-8)15(12(16)14-10)7-9-2-1-5-17-9/h1-6H,7H2,(H,14,16). The van der Waals surface area contributed by atoms with Crippen LogP contribution in [0.2, 0.25) is 0 Å². The third-order valence-corrected chi connectivity index (χ3v) is 3.81. The van der Waals surface area contributed by atoms with Crippen molar-refractivity contribution in [2.75, 3.05) is 0 Å². The topological polar surface area (TPSA) is 20.7 Å². The zero-order chi connectivity index (χ0) is 11.8. The van der Waals surface area contributed by atoms with Crippen molar-refractivity contribution in [1.82, 2.24) is 9.55 Å². The molecule has 17 heavy (non-hydrogen) atoms. The number of H-pyrrole nitrogens is 1. The highest BCUT2D eigenvalue weighted by molar-refractivity contribution is 7.71. The second-order valence-electron chi connectivity index (χ2n) is 3.76. The van der Waals surface area contributed by atoms with Gasteiger partial charge in [-0.25, -0.2) is 4.39 Å². The third-order valence-electron chi connectivity index (χ3n) is 2.63. The number of aromatic amines is 1. The number of fused-ring (bicyclic) bond motifs is 1. The lowest BCUT2D eigenvalue weighted by Gasteiger charge is -2.02. The summed E-state index contributed by atoms with van der Waals surface area (Å²) in [5.74, 6) is -0.244. The lowest BCUT2D eigenvalue weighted by atomic mass is 10.3. The highest BCUT2D eigenvalue weighted by atomic mass is 32.1. The predicted octanol–water partition coefficient (Wildman–Crippen LogP) is 3.95. The molecule has 2 heterocycles. The van der Waals surface area contributed by atoms with E-state index < -0.39 is 0 Å². The van der Waals surface area contributed by atoms with E-state index in [9.17, 15) is 4.39 Å². The third kappa shape index (κ3) is 1.92. The highest BCUT2D eigenvalue weighted by Crippen LogP contribution is 2.19. The Balaban J connectivity index is 2.17. The minimum Gasteiger partial charge on any atom is -0.331 e. The molecular weight excluding hydrogens is 255 g/mol. The Hall–Kier alpha value is -1.46. The van der Waals surface area contributed by atoms with E-state index in [1.807, 2.05) is 22.1 Å². The van der Waals surface area contributed by atoms with E-state index in [4.69, 9.17) is 12.2 Å². The first-order valence-electron chi connectivity index (χ1n) is 5.14. The number of aromatic nitrogens is 2. The summed E-state index contributed by atoms with van der Waals surface area (Å²) < 4.78 is 15.8. The van der Waals surface area contributed by atoms with Crippen molar-refractivity contribution >= 4 is 34.6 Å². The van der Waals surface area contributed by atoms with Crippen LogP contribution in [-0.4, -0.2) is 9.55 Å². The van der Waals surface area contributed by atoms with Gasteiger partial charge in [0.1, 0.15) is 5.82 Å². The van der Waals surface area contributed by atoms with Crippen LogP contribution in [0.25, 0.3) is 11.0 Å². The SMILES string of the molecule is Fc1ccc2[nH]c(=S)n(Cc3cccs3)c2c1. The van der Waals surface area contributed by atoms with E-state index >= 15 is 0 Å². The molecule has 0 amide bonds. The molecule has 0 aliphatic carbocycles. The second kappa shape index (κ2) is 4.09. The van der Waals surface area contributed by atoms with Crippen LogP contribution in [-0.2, 0) is 6.54 Å². The molecule has 0 atom stereocenters. The first-order valence-corrected chi connectivity index (χ1v) is 6.43. The Morgan fingerprint density at radius 1 is 1.35 bits per heavy atom. The fraction of sp³-hybridized carbons (Fsp3) is 0.0833. The number of thiophene rings is 1. The van der Waals surface area contributed by atoms with Crippen LogP contribution in [0.5, 0.6) is 0 Å². The number of imidazole rings is 1. The second-order valence-corrected chi connectivity index (χ2v) is 5.18. The summed E-state index contributed by atoms with van der Waals surface area (Å²) in [6, 6.07) is 8.70. The fourth-order valence-corrected chi connectivity index (χ4v) is 2.81. The Labute approximate surface area is 106 Å². The van der Waals surface area contributed by atoms with Crippen molar-refractivity contribution in [3.05, 3.63) is 51.2 Å². The Morgan fingerprint density at radius 3 is 3.00 bits per heavy atom. The molecule has 3 rings (SSSR count). The molecule has 0 unspecified atom stereocenters.